The molecule has 1 fully saturated rings. The standard InChI is InChI=1S/C19H30N2/c1-3-11-20-19-17-8-6-5-7-16(17)14-18(19)21-12-9-15(4-2)10-13-21/h5-8,15,18-20H,3-4,9-14H2,1-2H3. The summed E-state index contributed by atoms with van der Waals surface area (Å²) in [6, 6.07) is 10.3. The molecule has 0 spiro atoms. The van der Waals surface area contributed by atoms with Crippen LogP contribution in [0.3, 0.4) is 0 Å². The Morgan fingerprint density at radius 1 is 1.14 bits per heavy atom. The number of hydrogen-bond acceptors (Lipinski definition) is 2. The Hall–Kier alpha value is -0.860. The molecule has 0 aromatic heterocycles. The van der Waals surface area contributed by atoms with Gasteiger partial charge in [0.1, 0.15) is 0 Å². The van der Waals surface area contributed by atoms with Crippen LogP contribution in [0.5, 0.6) is 0 Å². The van der Waals surface area contributed by atoms with E-state index >= 15 is 0 Å². The van der Waals surface area contributed by atoms with Gasteiger partial charge in [-0.05, 0) is 62.4 Å². The van der Waals surface area contributed by atoms with E-state index in [1.54, 1.807) is 11.1 Å². The maximum Gasteiger partial charge on any atom is 0.0484 e. The summed E-state index contributed by atoms with van der Waals surface area (Å²) >= 11 is 0. The normalized spacial score (nSPS) is 27.0. The molecule has 21 heavy (non-hydrogen) atoms. The number of fused-ring (bicyclic) bond motifs is 1. The van der Waals surface area contributed by atoms with Crippen LogP contribution in [0.15, 0.2) is 24.3 Å². The summed E-state index contributed by atoms with van der Waals surface area (Å²) in [4.78, 5) is 2.76. The summed E-state index contributed by atoms with van der Waals surface area (Å²) < 4.78 is 0. The van der Waals surface area contributed by atoms with Gasteiger partial charge in [0.25, 0.3) is 0 Å². The number of benzene rings is 1. The predicted molar refractivity (Wildman–Crippen MR) is 89.6 cm³/mol. The Balaban J connectivity index is 1.72. The van der Waals surface area contributed by atoms with Crippen LogP contribution in [0.4, 0.5) is 0 Å². The lowest BCUT2D eigenvalue weighted by atomic mass is 9.92. The van der Waals surface area contributed by atoms with Gasteiger partial charge < -0.3 is 5.32 Å². The fourth-order valence-electron chi connectivity index (χ4n) is 4.15. The van der Waals surface area contributed by atoms with Crippen LogP contribution in [-0.2, 0) is 6.42 Å². The molecule has 1 heterocycles. The van der Waals surface area contributed by atoms with E-state index in [1.165, 1.54) is 45.2 Å². The minimum absolute atomic E-state index is 0.541. The Morgan fingerprint density at radius 2 is 1.90 bits per heavy atom. The Morgan fingerprint density at radius 3 is 2.62 bits per heavy atom. The molecule has 2 atom stereocenters. The molecular weight excluding hydrogens is 256 g/mol. The topological polar surface area (TPSA) is 15.3 Å². The summed E-state index contributed by atoms with van der Waals surface area (Å²) in [6.45, 7) is 8.32. The van der Waals surface area contributed by atoms with Gasteiger partial charge in [0.05, 0.1) is 0 Å². The number of piperidine rings is 1. The summed E-state index contributed by atoms with van der Waals surface area (Å²) in [5.74, 6) is 0.965. The minimum Gasteiger partial charge on any atom is -0.309 e. The quantitative estimate of drug-likeness (QED) is 0.886. The molecule has 1 N–H and O–H groups in total. The fraction of sp³-hybridized carbons (Fsp3) is 0.684. The third-order valence-electron chi connectivity index (χ3n) is 5.51. The second-order valence-corrected chi connectivity index (χ2v) is 6.79. The molecule has 1 aromatic carbocycles. The molecule has 2 unspecified atom stereocenters. The maximum absolute atomic E-state index is 3.82. The third kappa shape index (κ3) is 3.17. The highest BCUT2D eigenvalue weighted by molar-refractivity contribution is 5.37. The molecule has 2 heteroatoms. The van der Waals surface area contributed by atoms with Gasteiger partial charge in [0.2, 0.25) is 0 Å². The highest BCUT2D eigenvalue weighted by atomic mass is 15.2. The Kier molecular flexibility index (Phi) is 4.97. The summed E-state index contributed by atoms with van der Waals surface area (Å²) in [5, 5.41) is 3.82. The van der Waals surface area contributed by atoms with Crippen LogP contribution >= 0.6 is 0 Å². The minimum atomic E-state index is 0.541. The van der Waals surface area contributed by atoms with Crippen molar-refractivity contribution in [1.29, 1.82) is 0 Å². The van der Waals surface area contributed by atoms with Gasteiger partial charge in [0, 0.05) is 12.1 Å². The lowest BCUT2D eigenvalue weighted by molar-refractivity contribution is 0.112. The predicted octanol–water partition coefficient (Wildman–Crippen LogP) is 3.77. The number of nitrogens with one attached hydrogen (secondary N) is 1. The van der Waals surface area contributed by atoms with Gasteiger partial charge in [-0.2, -0.15) is 0 Å². The molecule has 1 aliphatic heterocycles. The van der Waals surface area contributed by atoms with E-state index in [0.717, 1.165) is 12.5 Å². The second-order valence-electron chi connectivity index (χ2n) is 6.79. The van der Waals surface area contributed by atoms with Gasteiger partial charge in [0.15, 0.2) is 0 Å². The first-order valence-electron chi connectivity index (χ1n) is 8.88. The first kappa shape index (κ1) is 15.1. The highest BCUT2D eigenvalue weighted by Gasteiger charge is 2.36. The van der Waals surface area contributed by atoms with E-state index in [9.17, 15) is 0 Å². The van der Waals surface area contributed by atoms with Crippen molar-refractivity contribution in [2.45, 2.75) is 58.0 Å². The molecule has 0 bridgehead atoms. The molecule has 116 valence electrons. The average Bonchev–Trinajstić information content (AvgIpc) is 2.91. The molecule has 1 aromatic rings. The van der Waals surface area contributed by atoms with Crippen molar-refractivity contribution in [3.8, 4) is 0 Å². The second kappa shape index (κ2) is 6.93. The van der Waals surface area contributed by atoms with E-state index < -0.39 is 0 Å². The average molecular weight is 286 g/mol. The largest absolute Gasteiger partial charge is 0.309 e. The Labute approximate surface area is 129 Å². The van der Waals surface area contributed by atoms with Gasteiger partial charge >= 0.3 is 0 Å². The zero-order valence-electron chi connectivity index (χ0n) is 13.6. The monoisotopic (exact) mass is 286 g/mol. The van der Waals surface area contributed by atoms with Crippen LogP contribution in [0, 0.1) is 5.92 Å². The van der Waals surface area contributed by atoms with Crippen molar-refractivity contribution in [2.24, 2.45) is 5.92 Å². The summed E-state index contributed by atoms with van der Waals surface area (Å²) in [7, 11) is 0. The van der Waals surface area contributed by atoms with E-state index in [1.807, 2.05) is 0 Å². The molecular formula is C19H30N2. The lowest BCUT2D eigenvalue weighted by Gasteiger charge is -2.38. The van der Waals surface area contributed by atoms with Crippen molar-refractivity contribution in [3.63, 3.8) is 0 Å². The van der Waals surface area contributed by atoms with E-state index in [-0.39, 0.29) is 0 Å². The maximum atomic E-state index is 3.82. The van der Waals surface area contributed by atoms with Crippen molar-refractivity contribution < 1.29 is 0 Å². The molecule has 2 nitrogen and oxygen atoms in total. The summed E-state index contributed by atoms with van der Waals surface area (Å²) in [5.41, 5.74) is 3.11. The van der Waals surface area contributed by atoms with Crippen LogP contribution < -0.4 is 5.32 Å². The number of likely N-dealkylation sites (tertiary alicyclic amines) is 1. The van der Waals surface area contributed by atoms with Crippen molar-refractivity contribution in [1.82, 2.24) is 10.2 Å². The van der Waals surface area contributed by atoms with Crippen LogP contribution in [-0.4, -0.2) is 30.6 Å². The molecule has 2 aliphatic rings. The van der Waals surface area contributed by atoms with Crippen LogP contribution in [0.1, 0.15) is 56.7 Å². The third-order valence-corrected chi connectivity index (χ3v) is 5.51. The Bertz CT molecular complexity index is 449. The van der Waals surface area contributed by atoms with Crippen LogP contribution in [0.2, 0.25) is 0 Å². The van der Waals surface area contributed by atoms with Gasteiger partial charge in [-0.1, -0.05) is 44.5 Å². The molecule has 1 saturated heterocycles. The lowest BCUT2D eigenvalue weighted by Crippen LogP contribution is -2.46. The first-order valence-corrected chi connectivity index (χ1v) is 8.88. The highest BCUT2D eigenvalue weighted by Crippen LogP contribution is 2.36. The number of rotatable bonds is 5. The molecule has 1 aliphatic carbocycles. The SMILES string of the molecule is CCCNC1c2ccccc2CC1N1CCC(CC)CC1. The van der Waals surface area contributed by atoms with Gasteiger partial charge in [-0.25, -0.2) is 0 Å². The van der Waals surface area contributed by atoms with Gasteiger partial charge in [-0.15, -0.1) is 0 Å². The number of hydrogen-bond donors (Lipinski definition) is 1. The van der Waals surface area contributed by atoms with Crippen LogP contribution in [0.25, 0.3) is 0 Å². The zero-order chi connectivity index (χ0) is 14.7. The van der Waals surface area contributed by atoms with E-state index in [4.69, 9.17) is 0 Å². The molecule has 0 radical (unpaired) electrons. The molecule has 0 saturated carbocycles. The first-order chi connectivity index (χ1) is 10.3. The summed E-state index contributed by atoms with van der Waals surface area (Å²) in [6.07, 6.45) is 6.58. The molecule has 3 rings (SSSR count). The van der Waals surface area contributed by atoms with Crippen molar-refractivity contribution in [2.75, 3.05) is 19.6 Å². The van der Waals surface area contributed by atoms with E-state index in [0.29, 0.717) is 12.1 Å². The van der Waals surface area contributed by atoms with Crippen molar-refractivity contribution >= 4 is 0 Å². The number of nitrogens with zero attached hydrogens (tertiary/aromatic N) is 1. The van der Waals surface area contributed by atoms with Crippen molar-refractivity contribution in [3.05, 3.63) is 35.4 Å². The zero-order valence-corrected chi connectivity index (χ0v) is 13.6. The molecule has 0 amide bonds. The smallest absolute Gasteiger partial charge is 0.0484 e. The van der Waals surface area contributed by atoms with Gasteiger partial charge in [-0.3, -0.25) is 4.90 Å². The van der Waals surface area contributed by atoms with E-state index in [2.05, 4.69) is 48.3 Å². The fourth-order valence-corrected chi connectivity index (χ4v) is 4.15.